The van der Waals surface area contributed by atoms with Crippen LogP contribution >= 0.6 is 11.1 Å². The molecule has 0 heterocycles. The fraction of sp³-hybridized carbons (Fsp3) is 1.00. The summed E-state index contributed by atoms with van der Waals surface area (Å²) in [6.45, 7) is 4.74. The molecule has 0 aromatic carbocycles. The molecule has 0 unspecified atom stereocenters. The molecule has 0 aromatic rings. The largest absolute Gasteiger partial charge is 0.403 e. The summed E-state index contributed by atoms with van der Waals surface area (Å²) < 4.78 is 77.6. The Kier molecular flexibility index (Phi) is 6.27. The van der Waals surface area contributed by atoms with E-state index in [2.05, 4.69) is 0 Å². The van der Waals surface area contributed by atoms with E-state index in [1.165, 1.54) is 6.92 Å². The molecule has 0 nitrogen and oxygen atoms in total. The van der Waals surface area contributed by atoms with Crippen LogP contribution in [0.1, 0.15) is 32.6 Å². The van der Waals surface area contributed by atoms with Gasteiger partial charge in [-0.15, -0.1) is 0 Å². The van der Waals surface area contributed by atoms with E-state index in [-0.39, 0.29) is 18.9 Å². The van der Waals surface area contributed by atoms with Gasteiger partial charge in [0.1, 0.15) is 7.38 Å². The van der Waals surface area contributed by atoms with Gasteiger partial charge in [-0.3, -0.25) is 0 Å². The molecule has 0 radical (unpaired) electrons. The van der Waals surface area contributed by atoms with E-state index in [1.807, 2.05) is 0 Å². The number of halogens is 7. The molecule has 116 valence electrons. The molecular weight excluding hydrogens is 310 g/mol. The van der Waals surface area contributed by atoms with Gasteiger partial charge in [0, 0.05) is 0 Å². The third kappa shape index (κ3) is 5.17. The maximum absolute atomic E-state index is 12.9. The maximum atomic E-state index is 12.9. The van der Waals surface area contributed by atoms with E-state index >= 15 is 0 Å². The normalized spacial score (nSPS) is 14.8. The smallest absolute Gasteiger partial charge is 0.170 e. The summed E-state index contributed by atoms with van der Waals surface area (Å²) in [5.41, 5.74) is -3.59. The Bertz CT molecular complexity index is 264. The van der Waals surface area contributed by atoms with Crippen molar-refractivity contribution in [2.24, 2.45) is 5.41 Å². The average Bonchev–Trinajstić information content (AvgIpc) is 2.10. The van der Waals surface area contributed by atoms with Crippen LogP contribution in [0, 0.1) is 5.41 Å². The third-order valence-corrected chi connectivity index (χ3v) is 5.25. The van der Waals surface area contributed by atoms with Gasteiger partial charge in [0.05, 0.1) is 0 Å². The molecule has 0 saturated heterocycles. The van der Waals surface area contributed by atoms with Gasteiger partial charge in [0.25, 0.3) is 0 Å². The minimum Gasteiger partial charge on any atom is -0.170 e. The van der Waals surface area contributed by atoms with Crippen molar-refractivity contribution in [2.75, 3.05) is 0 Å². The van der Waals surface area contributed by atoms with Crippen LogP contribution < -0.4 is 0 Å². The topological polar surface area (TPSA) is 0 Å². The average molecular weight is 329 g/mol. The van der Waals surface area contributed by atoms with Crippen LogP contribution in [-0.4, -0.2) is 19.7 Å². The van der Waals surface area contributed by atoms with Crippen LogP contribution in [0.25, 0.3) is 0 Å². The van der Waals surface area contributed by atoms with Crippen LogP contribution in [0.5, 0.6) is 0 Å². The molecule has 0 aliphatic carbocycles. The van der Waals surface area contributed by atoms with Gasteiger partial charge in [-0.25, -0.2) is 0 Å². The Balaban J connectivity index is 5.15. The monoisotopic (exact) mass is 328 g/mol. The quantitative estimate of drug-likeness (QED) is 0.313. The van der Waals surface area contributed by atoms with E-state index in [9.17, 15) is 26.3 Å². The lowest BCUT2D eigenvalue weighted by Gasteiger charge is -2.37. The molecule has 0 aliphatic rings. The fourth-order valence-electron chi connectivity index (χ4n) is 2.09. The SMILES string of the molecule is CCCC(CCC[Si](C)(C)Cl)(C(F)(F)F)C(F)(F)F. The van der Waals surface area contributed by atoms with Gasteiger partial charge in [0.2, 0.25) is 0 Å². The van der Waals surface area contributed by atoms with E-state index in [0.717, 1.165) is 0 Å². The first-order valence-corrected chi connectivity index (χ1v) is 10.3. The van der Waals surface area contributed by atoms with Crippen molar-refractivity contribution in [3.63, 3.8) is 0 Å². The molecule has 0 spiro atoms. The molecule has 0 N–H and O–H groups in total. The molecule has 0 saturated carbocycles. The summed E-state index contributed by atoms with van der Waals surface area (Å²) in [6, 6.07) is 0.242. The zero-order valence-corrected chi connectivity index (χ0v) is 12.9. The van der Waals surface area contributed by atoms with Crippen molar-refractivity contribution in [1.82, 2.24) is 0 Å². The van der Waals surface area contributed by atoms with Gasteiger partial charge < -0.3 is 0 Å². The predicted octanol–water partition coefficient (Wildman–Crippen LogP) is 6.12. The second-order valence-electron chi connectivity index (χ2n) is 5.40. The van der Waals surface area contributed by atoms with Crippen LogP contribution in [0.2, 0.25) is 19.1 Å². The van der Waals surface area contributed by atoms with E-state index in [0.29, 0.717) is 0 Å². The molecule has 19 heavy (non-hydrogen) atoms. The zero-order chi connectivity index (χ0) is 15.5. The van der Waals surface area contributed by atoms with Gasteiger partial charge in [0.15, 0.2) is 5.41 Å². The fourth-order valence-corrected chi connectivity index (χ4v) is 3.51. The van der Waals surface area contributed by atoms with Crippen molar-refractivity contribution >= 4 is 18.5 Å². The van der Waals surface area contributed by atoms with Gasteiger partial charge in [-0.05, 0) is 18.9 Å². The van der Waals surface area contributed by atoms with Crippen molar-refractivity contribution in [2.45, 2.75) is 64.1 Å². The second-order valence-corrected chi connectivity index (χ2v) is 12.4. The summed E-state index contributed by atoms with van der Waals surface area (Å²) in [6.07, 6.45) is -12.7. The minimum atomic E-state index is -5.28. The van der Waals surface area contributed by atoms with Crippen LogP contribution in [0.4, 0.5) is 26.3 Å². The molecule has 0 fully saturated rings. The second kappa shape index (κ2) is 6.24. The molecule has 8 heteroatoms. The Morgan fingerprint density at radius 2 is 1.32 bits per heavy atom. The summed E-state index contributed by atoms with van der Waals surface area (Å²) >= 11 is 5.94. The molecule has 0 aromatic heterocycles. The molecule has 0 atom stereocenters. The summed E-state index contributed by atoms with van der Waals surface area (Å²) in [5.74, 6) is 0. The van der Waals surface area contributed by atoms with Crippen molar-refractivity contribution < 1.29 is 26.3 Å². The highest BCUT2D eigenvalue weighted by atomic mass is 35.6. The van der Waals surface area contributed by atoms with Gasteiger partial charge in [-0.1, -0.05) is 32.9 Å². The first-order valence-electron chi connectivity index (χ1n) is 6.09. The lowest BCUT2D eigenvalue weighted by atomic mass is 9.77. The summed E-state index contributed by atoms with van der Waals surface area (Å²) in [4.78, 5) is 0. The van der Waals surface area contributed by atoms with Crippen molar-refractivity contribution in [3.8, 4) is 0 Å². The zero-order valence-electron chi connectivity index (χ0n) is 11.2. The predicted molar refractivity (Wildman–Crippen MR) is 66.8 cm³/mol. The highest BCUT2D eigenvalue weighted by Crippen LogP contribution is 2.56. The first-order chi connectivity index (χ1) is 8.27. The van der Waals surface area contributed by atoms with Crippen LogP contribution in [-0.2, 0) is 0 Å². The molecule has 0 bridgehead atoms. The number of hydrogen-bond acceptors (Lipinski definition) is 0. The van der Waals surface area contributed by atoms with E-state index in [1.54, 1.807) is 13.1 Å². The summed E-state index contributed by atoms with van der Waals surface area (Å²) in [7, 11) is -2.16. The number of rotatable bonds is 6. The maximum Gasteiger partial charge on any atom is 0.403 e. The van der Waals surface area contributed by atoms with Crippen molar-refractivity contribution in [3.05, 3.63) is 0 Å². The third-order valence-electron chi connectivity index (χ3n) is 3.14. The molecular formula is C11H19ClF6Si. The lowest BCUT2D eigenvalue weighted by Crippen LogP contribution is -2.50. The highest BCUT2D eigenvalue weighted by Gasteiger charge is 2.68. The van der Waals surface area contributed by atoms with E-state index < -0.39 is 38.0 Å². The van der Waals surface area contributed by atoms with Crippen LogP contribution in [0.15, 0.2) is 0 Å². The van der Waals surface area contributed by atoms with Gasteiger partial charge >= 0.3 is 12.4 Å². The summed E-state index contributed by atoms with van der Waals surface area (Å²) in [5, 5.41) is 0. The first kappa shape index (κ1) is 19.1. The Morgan fingerprint density at radius 1 is 0.895 bits per heavy atom. The molecule has 0 amide bonds. The van der Waals surface area contributed by atoms with E-state index in [4.69, 9.17) is 11.1 Å². The Labute approximate surface area is 115 Å². The minimum absolute atomic E-state index is 0.151. The van der Waals surface area contributed by atoms with Gasteiger partial charge in [-0.2, -0.15) is 37.4 Å². The molecule has 0 rings (SSSR count). The number of alkyl halides is 6. The highest BCUT2D eigenvalue weighted by molar-refractivity contribution is 7.19. The lowest BCUT2D eigenvalue weighted by molar-refractivity contribution is -0.345. The number of hydrogen-bond donors (Lipinski definition) is 0. The Morgan fingerprint density at radius 3 is 1.58 bits per heavy atom. The van der Waals surface area contributed by atoms with Crippen LogP contribution in [0.3, 0.4) is 0 Å². The van der Waals surface area contributed by atoms with Crippen molar-refractivity contribution in [1.29, 1.82) is 0 Å². The molecule has 0 aliphatic heterocycles. The Hall–Kier alpha value is 0.0869. The standard InChI is InChI=1S/C11H19ClF6Si/c1-4-6-9(10(13,14)15,11(16,17)18)7-5-8-19(2,3)12/h4-8H2,1-3H3.